The molecule has 0 spiro atoms. The summed E-state index contributed by atoms with van der Waals surface area (Å²) in [5.74, 6) is 0.342. The first-order chi connectivity index (χ1) is 9.09. The van der Waals surface area contributed by atoms with Crippen LogP contribution in [0.2, 0.25) is 0 Å². The second-order valence-electron chi connectivity index (χ2n) is 5.51. The minimum absolute atomic E-state index is 0.0192. The van der Waals surface area contributed by atoms with Crippen LogP contribution < -0.4 is 5.32 Å². The zero-order chi connectivity index (χ0) is 13.8. The molecule has 0 bridgehead atoms. The lowest BCUT2D eigenvalue weighted by Gasteiger charge is -2.33. The van der Waals surface area contributed by atoms with Gasteiger partial charge in [0.2, 0.25) is 5.91 Å². The molecule has 0 saturated carbocycles. The number of amides is 1. The Morgan fingerprint density at radius 1 is 1.53 bits per heavy atom. The van der Waals surface area contributed by atoms with E-state index in [1.807, 2.05) is 13.0 Å². The van der Waals surface area contributed by atoms with Crippen LogP contribution in [0.5, 0.6) is 0 Å². The van der Waals surface area contributed by atoms with Crippen molar-refractivity contribution >= 4 is 11.6 Å². The number of aryl methyl sites for hydroxylation is 1. The molecule has 0 radical (unpaired) electrons. The summed E-state index contributed by atoms with van der Waals surface area (Å²) < 4.78 is 5.76. The predicted molar refractivity (Wildman–Crippen MR) is 74.9 cm³/mol. The van der Waals surface area contributed by atoms with E-state index in [-0.39, 0.29) is 17.9 Å². The monoisotopic (exact) mass is 262 g/mol. The quantitative estimate of drug-likeness (QED) is 0.911. The van der Waals surface area contributed by atoms with Crippen molar-refractivity contribution in [1.29, 1.82) is 0 Å². The van der Waals surface area contributed by atoms with Crippen molar-refractivity contribution < 1.29 is 9.53 Å². The SMILES string of the molecule is Cc1ccncc1NC(=O)C1CCCOC1C(C)C. The van der Waals surface area contributed by atoms with Gasteiger partial charge in [0.1, 0.15) is 0 Å². The highest BCUT2D eigenvalue weighted by molar-refractivity contribution is 5.93. The van der Waals surface area contributed by atoms with Gasteiger partial charge in [-0.2, -0.15) is 0 Å². The summed E-state index contributed by atoms with van der Waals surface area (Å²) in [7, 11) is 0. The molecule has 2 rings (SSSR count). The number of hydrogen-bond acceptors (Lipinski definition) is 3. The van der Waals surface area contributed by atoms with E-state index in [1.54, 1.807) is 12.4 Å². The minimum Gasteiger partial charge on any atom is -0.377 e. The van der Waals surface area contributed by atoms with Gasteiger partial charge < -0.3 is 10.1 Å². The molecule has 1 aliphatic rings. The number of hydrogen-bond donors (Lipinski definition) is 1. The number of carbonyl (C=O) groups excluding carboxylic acids is 1. The van der Waals surface area contributed by atoms with Gasteiger partial charge in [0.15, 0.2) is 0 Å². The Kier molecular flexibility index (Phi) is 4.53. The van der Waals surface area contributed by atoms with Gasteiger partial charge in [-0.05, 0) is 37.3 Å². The van der Waals surface area contributed by atoms with E-state index in [1.165, 1.54) is 0 Å². The molecule has 0 aliphatic carbocycles. The lowest BCUT2D eigenvalue weighted by atomic mass is 9.86. The second kappa shape index (κ2) is 6.15. The predicted octanol–water partition coefficient (Wildman–Crippen LogP) is 2.78. The Labute approximate surface area is 114 Å². The Balaban J connectivity index is 2.08. The third kappa shape index (κ3) is 3.32. The van der Waals surface area contributed by atoms with E-state index >= 15 is 0 Å². The number of carbonyl (C=O) groups is 1. The maximum atomic E-state index is 12.4. The number of rotatable bonds is 3. The van der Waals surface area contributed by atoms with E-state index in [9.17, 15) is 4.79 Å². The van der Waals surface area contributed by atoms with Gasteiger partial charge in [0.05, 0.1) is 23.9 Å². The van der Waals surface area contributed by atoms with Gasteiger partial charge in [-0.25, -0.2) is 0 Å². The zero-order valence-electron chi connectivity index (χ0n) is 11.8. The highest BCUT2D eigenvalue weighted by atomic mass is 16.5. The summed E-state index contributed by atoms with van der Waals surface area (Å²) in [5.41, 5.74) is 1.82. The summed E-state index contributed by atoms with van der Waals surface area (Å²) in [5, 5.41) is 2.98. The first-order valence-electron chi connectivity index (χ1n) is 6.92. The smallest absolute Gasteiger partial charge is 0.230 e. The van der Waals surface area contributed by atoms with Gasteiger partial charge >= 0.3 is 0 Å². The van der Waals surface area contributed by atoms with E-state index in [4.69, 9.17) is 4.74 Å². The van der Waals surface area contributed by atoms with Crippen molar-refractivity contribution in [3.8, 4) is 0 Å². The molecule has 1 saturated heterocycles. The third-order valence-electron chi connectivity index (χ3n) is 3.66. The van der Waals surface area contributed by atoms with Crippen molar-refractivity contribution in [3.05, 3.63) is 24.0 Å². The van der Waals surface area contributed by atoms with Gasteiger partial charge in [0, 0.05) is 12.8 Å². The normalized spacial score (nSPS) is 23.4. The number of aromatic nitrogens is 1. The molecule has 1 aliphatic heterocycles. The lowest BCUT2D eigenvalue weighted by molar-refractivity contribution is -0.131. The van der Waals surface area contributed by atoms with Crippen LogP contribution in [0.3, 0.4) is 0 Å². The van der Waals surface area contributed by atoms with Crippen LogP contribution in [0.4, 0.5) is 5.69 Å². The fraction of sp³-hybridized carbons (Fsp3) is 0.600. The first-order valence-corrected chi connectivity index (χ1v) is 6.92. The minimum atomic E-state index is -0.0617. The van der Waals surface area contributed by atoms with Gasteiger partial charge in [-0.3, -0.25) is 9.78 Å². The molecule has 0 aromatic carbocycles. The van der Waals surface area contributed by atoms with Crippen LogP contribution in [-0.2, 0) is 9.53 Å². The zero-order valence-corrected chi connectivity index (χ0v) is 11.8. The van der Waals surface area contributed by atoms with Crippen molar-refractivity contribution in [3.63, 3.8) is 0 Å². The first kappa shape index (κ1) is 14.0. The molecule has 104 valence electrons. The molecule has 1 N–H and O–H groups in total. The molecule has 2 unspecified atom stereocenters. The molecule has 1 aromatic rings. The molecule has 2 heterocycles. The summed E-state index contributed by atoms with van der Waals surface area (Å²) in [4.78, 5) is 16.5. The highest BCUT2D eigenvalue weighted by Gasteiger charge is 2.33. The fourth-order valence-corrected chi connectivity index (χ4v) is 2.56. The standard InChI is InChI=1S/C15H22N2O2/c1-10(2)14-12(5-4-8-19-14)15(18)17-13-9-16-7-6-11(13)3/h6-7,9-10,12,14H,4-5,8H2,1-3H3,(H,17,18). The Bertz CT molecular complexity index is 446. The van der Waals surface area contributed by atoms with Gasteiger partial charge in [-0.1, -0.05) is 13.8 Å². The second-order valence-corrected chi connectivity index (χ2v) is 5.51. The van der Waals surface area contributed by atoms with Crippen molar-refractivity contribution in [2.75, 3.05) is 11.9 Å². The van der Waals surface area contributed by atoms with Crippen molar-refractivity contribution in [2.45, 2.75) is 39.7 Å². The Morgan fingerprint density at radius 3 is 3.00 bits per heavy atom. The molecule has 1 aromatic heterocycles. The largest absolute Gasteiger partial charge is 0.377 e. The number of nitrogens with one attached hydrogen (secondary N) is 1. The Morgan fingerprint density at radius 2 is 2.32 bits per heavy atom. The molecule has 4 heteroatoms. The van der Waals surface area contributed by atoms with Gasteiger partial charge in [-0.15, -0.1) is 0 Å². The molecule has 4 nitrogen and oxygen atoms in total. The maximum Gasteiger partial charge on any atom is 0.230 e. The van der Waals surface area contributed by atoms with Crippen molar-refractivity contribution in [1.82, 2.24) is 4.98 Å². The Hall–Kier alpha value is -1.42. The third-order valence-corrected chi connectivity index (χ3v) is 3.66. The van der Waals surface area contributed by atoms with Crippen LogP contribution in [0, 0.1) is 18.8 Å². The lowest BCUT2D eigenvalue weighted by Crippen LogP contribution is -2.41. The average Bonchev–Trinajstić information content (AvgIpc) is 2.41. The van der Waals surface area contributed by atoms with Crippen LogP contribution in [0.15, 0.2) is 18.5 Å². The van der Waals surface area contributed by atoms with Crippen LogP contribution >= 0.6 is 0 Å². The van der Waals surface area contributed by atoms with Crippen LogP contribution in [0.1, 0.15) is 32.3 Å². The van der Waals surface area contributed by atoms with E-state index in [0.29, 0.717) is 5.92 Å². The molecular weight excluding hydrogens is 240 g/mol. The maximum absolute atomic E-state index is 12.4. The summed E-state index contributed by atoms with van der Waals surface area (Å²) in [6.07, 6.45) is 5.29. The van der Waals surface area contributed by atoms with E-state index in [0.717, 1.165) is 30.7 Å². The topological polar surface area (TPSA) is 51.2 Å². The molecular formula is C15H22N2O2. The van der Waals surface area contributed by atoms with E-state index < -0.39 is 0 Å². The number of nitrogens with zero attached hydrogens (tertiary/aromatic N) is 1. The molecule has 1 fully saturated rings. The average molecular weight is 262 g/mol. The van der Waals surface area contributed by atoms with Crippen LogP contribution in [0.25, 0.3) is 0 Å². The van der Waals surface area contributed by atoms with Crippen LogP contribution in [-0.4, -0.2) is 23.6 Å². The van der Waals surface area contributed by atoms with Crippen molar-refractivity contribution in [2.24, 2.45) is 11.8 Å². The molecule has 2 atom stereocenters. The summed E-state index contributed by atoms with van der Waals surface area (Å²) in [6.45, 7) is 6.93. The number of ether oxygens (including phenoxy) is 1. The fourth-order valence-electron chi connectivity index (χ4n) is 2.56. The molecule has 1 amide bonds. The number of pyridine rings is 1. The molecule has 19 heavy (non-hydrogen) atoms. The van der Waals surface area contributed by atoms with E-state index in [2.05, 4.69) is 24.1 Å². The number of anilines is 1. The summed E-state index contributed by atoms with van der Waals surface area (Å²) in [6, 6.07) is 1.90. The van der Waals surface area contributed by atoms with Gasteiger partial charge in [0.25, 0.3) is 0 Å². The summed E-state index contributed by atoms with van der Waals surface area (Å²) >= 11 is 0. The highest BCUT2D eigenvalue weighted by Crippen LogP contribution is 2.27.